The van der Waals surface area contributed by atoms with Crippen LogP contribution in [-0.2, 0) is 9.59 Å². The van der Waals surface area contributed by atoms with E-state index in [1.54, 1.807) is 18.2 Å². The second-order valence-electron chi connectivity index (χ2n) is 4.29. The molecular weight excluding hydrogens is 324 g/mol. The molecule has 0 spiro atoms. The summed E-state index contributed by atoms with van der Waals surface area (Å²) in [4.78, 5) is 22.8. The molecule has 2 N–H and O–H groups in total. The predicted octanol–water partition coefficient (Wildman–Crippen LogP) is 3.16. The molecule has 1 aromatic carbocycles. The zero-order valence-electron chi connectivity index (χ0n) is 11.7. The lowest BCUT2D eigenvalue weighted by Crippen LogP contribution is -2.12. The molecular formula is C14H19BrN2O3. The van der Waals surface area contributed by atoms with Crippen LogP contribution in [0, 0.1) is 0 Å². The maximum Gasteiger partial charge on any atom is 0.224 e. The molecule has 6 heteroatoms. The standard InChI is InChI=1S/C14H19BrN2O3/c1-10(18)16-12-7-6-11(9-13(12)20-2)17-14(19)5-3-4-8-15/h6-7,9H,3-5,8H2,1-2H3,(H,16,18)(H,17,19). The van der Waals surface area contributed by atoms with Crippen LogP contribution in [-0.4, -0.2) is 24.3 Å². The number of methoxy groups -OCH3 is 1. The summed E-state index contributed by atoms with van der Waals surface area (Å²) in [6.07, 6.45) is 2.30. The minimum atomic E-state index is -0.171. The van der Waals surface area contributed by atoms with E-state index in [2.05, 4.69) is 26.6 Å². The SMILES string of the molecule is COc1cc(NC(=O)CCCCBr)ccc1NC(C)=O. The highest BCUT2D eigenvalue weighted by Crippen LogP contribution is 2.28. The van der Waals surface area contributed by atoms with E-state index in [-0.39, 0.29) is 11.8 Å². The summed E-state index contributed by atoms with van der Waals surface area (Å²) in [5.74, 6) is 0.314. The summed E-state index contributed by atoms with van der Waals surface area (Å²) < 4.78 is 5.19. The van der Waals surface area contributed by atoms with E-state index < -0.39 is 0 Å². The number of carbonyl (C=O) groups excluding carboxylic acids is 2. The van der Waals surface area contributed by atoms with Gasteiger partial charge in [-0.1, -0.05) is 15.9 Å². The van der Waals surface area contributed by atoms with Crippen molar-refractivity contribution >= 4 is 39.1 Å². The first-order valence-corrected chi connectivity index (χ1v) is 7.50. The zero-order chi connectivity index (χ0) is 15.0. The summed E-state index contributed by atoms with van der Waals surface area (Å²) in [5, 5.41) is 6.38. The number of rotatable bonds is 7. The predicted molar refractivity (Wildman–Crippen MR) is 83.6 cm³/mol. The first-order chi connectivity index (χ1) is 9.56. The lowest BCUT2D eigenvalue weighted by atomic mass is 10.2. The molecule has 1 aromatic rings. The van der Waals surface area contributed by atoms with E-state index in [9.17, 15) is 9.59 Å². The van der Waals surface area contributed by atoms with Crippen LogP contribution in [0.25, 0.3) is 0 Å². The highest BCUT2D eigenvalue weighted by molar-refractivity contribution is 9.09. The van der Waals surface area contributed by atoms with Crippen molar-refractivity contribution in [2.75, 3.05) is 23.1 Å². The molecule has 0 aliphatic rings. The van der Waals surface area contributed by atoms with Crippen molar-refractivity contribution in [1.29, 1.82) is 0 Å². The van der Waals surface area contributed by atoms with Gasteiger partial charge in [-0.2, -0.15) is 0 Å². The van der Waals surface area contributed by atoms with Crippen molar-refractivity contribution in [3.8, 4) is 5.75 Å². The van der Waals surface area contributed by atoms with Crippen molar-refractivity contribution in [3.63, 3.8) is 0 Å². The molecule has 110 valence electrons. The van der Waals surface area contributed by atoms with Crippen molar-refractivity contribution < 1.29 is 14.3 Å². The number of alkyl halides is 1. The van der Waals surface area contributed by atoms with Crippen LogP contribution in [0.2, 0.25) is 0 Å². The molecule has 0 aliphatic heterocycles. The third-order valence-electron chi connectivity index (χ3n) is 2.58. The fourth-order valence-electron chi connectivity index (χ4n) is 1.67. The van der Waals surface area contributed by atoms with Gasteiger partial charge in [-0.25, -0.2) is 0 Å². The Morgan fingerprint density at radius 3 is 2.60 bits per heavy atom. The molecule has 0 atom stereocenters. The van der Waals surface area contributed by atoms with Gasteiger partial charge in [-0.15, -0.1) is 0 Å². The van der Waals surface area contributed by atoms with Gasteiger partial charge in [-0.3, -0.25) is 9.59 Å². The van der Waals surface area contributed by atoms with Gasteiger partial charge in [0.1, 0.15) is 5.75 Å². The molecule has 0 unspecified atom stereocenters. The number of nitrogens with one attached hydrogen (secondary N) is 2. The Hall–Kier alpha value is -1.56. The molecule has 0 aliphatic carbocycles. The minimum absolute atomic E-state index is 0.0275. The number of hydrogen-bond acceptors (Lipinski definition) is 3. The maximum absolute atomic E-state index is 11.7. The lowest BCUT2D eigenvalue weighted by Gasteiger charge is -2.11. The smallest absolute Gasteiger partial charge is 0.224 e. The molecule has 1 rings (SSSR count). The lowest BCUT2D eigenvalue weighted by molar-refractivity contribution is -0.116. The molecule has 0 aromatic heterocycles. The van der Waals surface area contributed by atoms with Crippen LogP contribution >= 0.6 is 15.9 Å². The fraction of sp³-hybridized carbons (Fsp3) is 0.429. The largest absolute Gasteiger partial charge is 0.494 e. The van der Waals surface area contributed by atoms with E-state index in [4.69, 9.17) is 4.74 Å². The second kappa shape index (κ2) is 8.58. The summed E-state index contributed by atoms with van der Waals surface area (Å²) in [6.45, 7) is 1.43. The molecule has 0 bridgehead atoms. The van der Waals surface area contributed by atoms with Crippen LogP contribution in [0.1, 0.15) is 26.2 Å². The van der Waals surface area contributed by atoms with Crippen LogP contribution < -0.4 is 15.4 Å². The highest BCUT2D eigenvalue weighted by atomic mass is 79.9. The van der Waals surface area contributed by atoms with Gasteiger partial charge in [0.2, 0.25) is 11.8 Å². The van der Waals surface area contributed by atoms with Gasteiger partial charge in [0, 0.05) is 30.4 Å². The number of hydrogen-bond donors (Lipinski definition) is 2. The Balaban J connectivity index is 2.67. The van der Waals surface area contributed by atoms with Crippen LogP contribution in [0.4, 0.5) is 11.4 Å². The summed E-state index contributed by atoms with van der Waals surface area (Å²) in [7, 11) is 1.52. The van der Waals surface area contributed by atoms with Gasteiger partial charge in [0.05, 0.1) is 12.8 Å². The molecule has 0 fully saturated rings. The fourth-order valence-corrected chi connectivity index (χ4v) is 2.06. The molecule has 0 saturated carbocycles. The number of carbonyl (C=O) groups is 2. The van der Waals surface area contributed by atoms with E-state index in [1.807, 2.05) is 0 Å². The Labute approximate surface area is 127 Å². The van der Waals surface area contributed by atoms with Gasteiger partial charge in [0.15, 0.2) is 0 Å². The minimum Gasteiger partial charge on any atom is -0.494 e. The van der Waals surface area contributed by atoms with E-state index >= 15 is 0 Å². The van der Waals surface area contributed by atoms with Crippen LogP contribution in [0.15, 0.2) is 18.2 Å². The first kappa shape index (κ1) is 16.5. The van der Waals surface area contributed by atoms with E-state index in [1.165, 1.54) is 14.0 Å². The summed E-state index contributed by atoms with van der Waals surface area (Å²) in [5.41, 5.74) is 1.23. The Kier molecular flexibility index (Phi) is 7.08. The van der Waals surface area contributed by atoms with Crippen molar-refractivity contribution in [2.24, 2.45) is 0 Å². The number of benzene rings is 1. The maximum atomic E-state index is 11.7. The molecule has 0 radical (unpaired) electrons. The van der Waals surface area contributed by atoms with Crippen LogP contribution in [0.3, 0.4) is 0 Å². The second-order valence-corrected chi connectivity index (χ2v) is 5.08. The highest BCUT2D eigenvalue weighted by Gasteiger charge is 2.08. The van der Waals surface area contributed by atoms with Gasteiger partial charge in [-0.05, 0) is 25.0 Å². The van der Waals surface area contributed by atoms with Crippen LogP contribution in [0.5, 0.6) is 5.75 Å². The molecule has 0 heterocycles. The number of amides is 2. The van der Waals surface area contributed by atoms with E-state index in [0.29, 0.717) is 23.5 Å². The number of ether oxygens (including phenoxy) is 1. The van der Waals surface area contributed by atoms with Gasteiger partial charge < -0.3 is 15.4 Å². The molecule has 20 heavy (non-hydrogen) atoms. The number of unbranched alkanes of at least 4 members (excludes halogenated alkanes) is 1. The van der Waals surface area contributed by atoms with Gasteiger partial charge in [0.25, 0.3) is 0 Å². The first-order valence-electron chi connectivity index (χ1n) is 6.38. The topological polar surface area (TPSA) is 67.4 Å². The zero-order valence-corrected chi connectivity index (χ0v) is 13.2. The van der Waals surface area contributed by atoms with Crippen molar-refractivity contribution in [3.05, 3.63) is 18.2 Å². The quantitative estimate of drug-likeness (QED) is 0.590. The number of anilines is 2. The Morgan fingerprint density at radius 1 is 1.25 bits per heavy atom. The average molecular weight is 343 g/mol. The average Bonchev–Trinajstić information content (AvgIpc) is 2.40. The monoisotopic (exact) mass is 342 g/mol. The van der Waals surface area contributed by atoms with Crippen molar-refractivity contribution in [2.45, 2.75) is 26.2 Å². The molecule has 2 amide bonds. The van der Waals surface area contributed by atoms with E-state index in [0.717, 1.165) is 18.2 Å². The third-order valence-corrected chi connectivity index (χ3v) is 3.14. The van der Waals surface area contributed by atoms with Crippen molar-refractivity contribution in [1.82, 2.24) is 0 Å². The summed E-state index contributed by atoms with van der Waals surface area (Å²) >= 11 is 3.33. The number of halogens is 1. The third kappa shape index (κ3) is 5.61. The Bertz CT molecular complexity index is 477. The summed E-state index contributed by atoms with van der Waals surface area (Å²) in [6, 6.07) is 5.12. The molecule has 5 nitrogen and oxygen atoms in total. The normalized spacial score (nSPS) is 9.95. The molecule has 0 saturated heterocycles. The Morgan fingerprint density at radius 2 is 2.00 bits per heavy atom. The van der Waals surface area contributed by atoms with Gasteiger partial charge >= 0.3 is 0 Å².